The van der Waals surface area contributed by atoms with Crippen molar-refractivity contribution in [3.05, 3.63) is 33.8 Å². The lowest BCUT2D eigenvalue weighted by atomic mass is 10.1. The lowest BCUT2D eigenvalue weighted by Gasteiger charge is -2.18. The summed E-state index contributed by atoms with van der Waals surface area (Å²) < 4.78 is 22.9. The van der Waals surface area contributed by atoms with Crippen LogP contribution in [-0.2, 0) is 9.84 Å². The van der Waals surface area contributed by atoms with Crippen LogP contribution in [0.3, 0.4) is 0 Å². The molecule has 1 rings (SSSR count). The van der Waals surface area contributed by atoms with Crippen molar-refractivity contribution >= 4 is 38.8 Å². The van der Waals surface area contributed by atoms with Crippen molar-refractivity contribution in [3.8, 4) is 0 Å². The van der Waals surface area contributed by atoms with Gasteiger partial charge in [-0.25, -0.2) is 8.42 Å². The number of Topliss-reactive ketones (excluding diaryl/α,β-unsaturated/α-hetero) is 1. The van der Waals surface area contributed by atoms with Crippen molar-refractivity contribution in [3.63, 3.8) is 0 Å². The van der Waals surface area contributed by atoms with Crippen LogP contribution in [0.25, 0.3) is 0 Å². The van der Waals surface area contributed by atoms with Crippen molar-refractivity contribution in [1.29, 1.82) is 0 Å². The Morgan fingerprint density at radius 2 is 1.78 bits per heavy atom. The molecule has 18 heavy (non-hydrogen) atoms. The number of benzene rings is 1. The van der Waals surface area contributed by atoms with Crippen molar-refractivity contribution in [2.45, 2.75) is 25.5 Å². The highest BCUT2D eigenvalue weighted by atomic mass is 35.5. The second-order valence-electron chi connectivity index (χ2n) is 4.92. The van der Waals surface area contributed by atoms with Crippen molar-refractivity contribution in [1.82, 2.24) is 0 Å². The van der Waals surface area contributed by atoms with Gasteiger partial charge in [-0.3, -0.25) is 4.79 Å². The van der Waals surface area contributed by atoms with Gasteiger partial charge in [0.05, 0.1) is 9.77 Å². The van der Waals surface area contributed by atoms with Gasteiger partial charge in [-0.2, -0.15) is 0 Å². The minimum Gasteiger partial charge on any atom is -0.293 e. The van der Waals surface area contributed by atoms with Gasteiger partial charge in [0.25, 0.3) is 0 Å². The number of rotatable bonds is 3. The van der Waals surface area contributed by atoms with E-state index >= 15 is 0 Å². The molecule has 0 aromatic heterocycles. The van der Waals surface area contributed by atoms with E-state index in [4.69, 9.17) is 23.2 Å². The first-order chi connectivity index (χ1) is 8.04. The van der Waals surface area contributed by atoms with Gasteiger partial charge in [-0.15, -0.1) is 0 Å². The quantitative estimate of drug-likeness (QED) is 0.804. The molecule has 0 aliphatic carbocycles. The lowest BCUT2D eigenvalue weighted by molar-refractivity contribution is 0.102. The molecule has 3 nitrogen and oxygen atoms in total. The average Bonchev–Trinajstić information content (AvgIpc) is 2.19. The summed E-state index contributed by atoms with van der Waals surface area (Å²) in [7, 11) is -3.53. The van der Waals surface area contributed by atoms with Gasteiger partial charge in [-0.05, 0) is 39.0 Å². The molecule has 0 aliphatic rings. The summed E-state index contributed by atoms with van der Waals surface area (Å²) >= 11 is 11.6. The van der Waals surface area contributed by atoms with Crippen LogP contribution in [0.4, 0.5) is 0 Å². The van der Waals surface area contributed by atoms with E-state index in [1.165, 1.54) is 12.1 Å². The van der Waals surface area contributed by atoms with Gasteiger partial charge in [-0.1, -0.05) is 23.2 Å². The first-order valence-corrected chi connectivity index (χ1v) is 7.66. The maximum absolute atomic E-state index is 12.0. The minimum atomic E-state index is -3.53. The molecule has 0 atom stereocenters. The van der Waals surface area contributed by atoms with Gasteiger partial charge < -0.3 is 0 Å². The Hall–Kier alpha value is -0.580. The van der Waals surface area contributed by atoms with E-state index in [-0.39, 0.29) is 10.6 Å². The van der Waals surface area contributed by atoms with E-state index in [1.54, 1.807) is 26.8 Å². The fourth-order valence-electron chi connectivity index (χ4n) is 1.18. The third kappa shape index (κ3) is 3.46. The Labute approximate surface area is 117 Å². The van der Waals surface area contributed by atoms with Crippen molar-refractivity contribution in [2.24, 2.45) is 0 Å². The fourth-order valence-corrected chi connectivity index (χ4v) is 2.51. The molecule has 0 radical (unpaired) electrons. The third-order valence-electron chi connectivity index (χ3n) is 2.48. The Morgan fingerprint density at radius 3 is 2.28 bits per heavy atom. The zero-order chi connectivity index (χ0) is 14.1. The second-order valence-corrected chi connectivity index (χ2v) is 8.51. The molecule has 0 spiro atoms. The Kier molecular flexibility index (Phi) is 4.47. The van der Waals surface area contributed by atoms with Gasteiger partial charge in [0.1, 0.15) is 5.75 Å². The highest BCUT2D eigenvalue weighted by Crippen LogP contribution is 2.23. The van der Waals surface area contributed by atoms with E-state index in [9.17, 15) is 13.2 Å². The fraction of sp³-hybridized carbons (Fsp3) is 0.417. The predicted octanol–water partition coefficient (Wildman–Crippen LogP) is 3.39. The number of halogens is 2. The van der Waals surface area contributed by atoms with Gasteiger partial charge in [0.15, 0.2) is 15.6 Å². The molecular weight excluding hydrogens is 295 g/mol. The number of hydrogen-bond donors (Lipinski definition) is 0. The van der Waals surface area contributed by atoms with Crippen LogP contribution in [-0.4, -0.2) is 24.7 Å². The second kappa shape index (κ2) is 5.19. The molecule has 100 valence electrons. The SMILES string of the molecule is CC(C)(C)S(=O)(=O)CC(=O)c1cc(Cl)ccc1Cl. The summed E-state index contributed by atoms with van der Waals surface area (Å²) in [5, 5.41) is 0.546. The summed E-state index contributed by atoms with van der Waals surface area (Å²) in [6, 6.07) is 4.39. The van der Waals surface area contributed by atoms with E-state index in [1.807, 2.05) is 0 Å². The summed E-state index contributed by atoms with van der Waals surface area (Å²) in [5.74, 6) is -1.12. The zero-order valence-electron chi connectivity index (χ0n) is 10.3. The number of carbonyl (C=O) groups excluding carboxylic acids is 1. The maximum Gasteiger partial charge on any atom is 0.179 e. The summed E-state index contributed by atoms with van der Waals surface area (Å²) in [6.07, 6.45) is 0. The maximum atomic E-state index is 12.0. The molecular formula is C12H14Cl2O3S. The number of ketones is 1. The van der Waals surface area contributed by atoms with Crippen LogP contribution in [0, 0.1) is 0 Å². The molecule has 0 saturated carbocycles. The third-order valence-corrected chi connectivity index (χ3v) is 5.56. The summed E-state index contributed by atoms with van der Waals surface area (Å²) in [6.45, 7) is 4.65. The average molecular weight is 309 g/mol. The first kappa shape index (κ1) is 15.5. The van der Waals surface area contributed by atoms with E-state index in [2.05, 4.69) is 0 Å². The Morgan fingerprint density at radius 1 is 1.22 bits per heavy atom. The molecule has 1 aromatic carbocycles. The van der Waals surface area contributed by atoms with E-state index < -0.39 is 26.1 Å². The minimum absolute atomic E-state index is 0.136. The molecule has 0 fully saturated rings. The van der Waals surface area contributed by atoms with Gasteiger partial charge in [0.2, 0.25) is 0 Å². The van der Waals surface area contributed by atoms with E-state index in [0.717, 1.165) is 0 Å². The molecule has 0 unspecified atom stereocenters. The number of sulfone groups is 1. The lowest BCUT2D eigenvalue weighted by Crippen LogP contribution is -2.33. The Bertz CT molecular complexity index is 571. The smallest absolute Gasteiger partial charge is 0.179 e. The van der Waals surface area contributed by atoms with Gasteiger partial charge >= 0.3 is 0 Å². The molecule has 0 heterocycles. The van der Waals surface area contributed by atoms with E-state index in [0.29, 0.717) is 5.02 Å². The topological polar surface area (TPSA) is 51.2 Å². The van der Waals surface area contributed by atoms with Crippen LogP contribution < -0.4 is 0 Å². The monoisotopic (exact) mass is 308 g/mol. The van der Waals surface area contributed by atoms with Crippen LogP contribution in [0.5, 0.6) is 0 Å². The number of carbonyl (C=O) groups is 1. The molecule has 0 aliphatic heterocycles. The van der Waals surface area contributed by atoms with Crippen LogP contribution >= 0.6 is 23.2 Å². The zero-order valence-corrected chi connectivity index (χ0v) is 12.7. The highest BCUT2D eigenvalue weighted by Gasteiger charge is 2.32. The van der Waals surface area contributed by atoms with Crippen molar-refractivity contribution in [2.75, 3.05) is 5.75 Å². The number of hydrogen-bond acceptors (Lipinski definition) is 3. The first-order valence-electron chi connectivity index (χ1n) is 5.25. The molecule has 6 heteroatoms. The standard InChI is InChI=1S/C12H14Cl2O3S/c1-12(2,3)18(16,17)7-11(15)9-6-8(13)4-5-10(9)14/h4-6H,7H2,1-3H3. The summed E-state index contributed by atoms with van der Waals surface area (Å²) in [4.78, 5) is 12.0. The molecule has 0 saturated heterocycles. The molecule has 0 amide bonds. The molecule has 0 N–H and O–H groups in total. The van der Waals surface area contributed by atoms with Crippen molar-refractivity contribution < 1.29 is 13.2 Å². The van der Waals surface area contributed by atoms with Crippen LogP contribution in [0.1, 0.15) is 31.1 Å². The normalized spacial score (nSPS) is 12.5. The Balaban J connectivity index is 3.08. The van der Waals surface area contributed by atoms with Crippen LogP contribution in [0.2, 0.25) is 10.0 Å². The highest BCUT2D eigenvalue weighted by molar-refractivity contribution is 7.93. The van der Waals surface area contributed by atoms with Gasteiger partial charge in [0, 0.05) is 10.6 Å². The predicted molar refractivity (Wildman–Crippen MR) is 74.3 cm³/mol. The van der Waals surface area contributed by atoms with Crippen LogP contribution in [0.15, 0.2) is 18.2 Å². The molecule has 0 bridgehead atoms. The largest absolute Gasteiger partial charge is 0.293 e. The summed E-state index contributed by atoms with van der Waals surface area (Å²) in [5.41, 5.74) is 0.136. The molecule has 1 aromatic rings.